The van der Waals surface area contributed by atoms with Gasteiger partial charge in [-0.15, -0.1) is 0 Å². The van der Waals surface area contributed by atoms with Crippen molar-refractivity contribution in [1.82, 2.24) is 19.4 Å². The van der Waals surface area contributed by atoms with Crippen molar-refractivity contribution >= 4 is 22.8 Å². The van der Waals surface area contributed by atoms with E-state index in [-0.39, 0.29) is 23.7 Å². The van der Waals surface area contributed by atoms with Crippen molar-refractivity contribution in [3.8, 4) is 34.5 Å². The highest BCUT2D eigenvalue weighted by Crippen LogP contribution is 2.39. The summed E-state index contributed by atoms with van der Waals surface area (Å²) in [7, 11) is 0. The van der Waals surface area contributed by atoms with Crippen LogP contribution in [0.5, 0.6) is 11.5 Å². The van der Waals surface area contributed by atoms with E-state index in [0.717, 1.165) is 40.7 Å². The van der Waals surface area contributed by atoms with E-state index in [4.69, 9.17) is 10.5 Å². The van der Waals surface area contributed by atoms with Crippen LogP contribution in [0, 0.1) is 23.6 Å². The smallest absolute Gasteiger partial charge is 0.245 e. The Kier molecular flexibility index (Phi) is 7.33. The summed E-state index contributed by atoms with van der Waals surface area (Å²) in [5.41, 5.74) is 9.69. The Labute approximate surface area is 227 Å². The Bertz CT molecular complexity index is 1590. The fraction of sp³-hybridized carbons (Fsp3) is 0.258. The number of ether oxygens (including phenoxy) is 1. The summed E-state index contributed by atoms with van der Waals surface area (Å²) in [6.07, 6.45) is 4.44. The van der Waals surface area contributed by atoms with Crippen molar-refractivity contribution in [2.24, 2.45) is 5.92 Å². The normalized spacial score (nSPS) is 13.8. The number of nitrogens with two attached hydrogens (primary N) is 1. The number of anilines is 1. The molecular weight excluding hydrogens is 493 g/mol. The molecule has 2 aromatic carbocycles. The topological polar surface area (TPSA) is 86.3 Å². The first-order valence-electron chi connectivity index (χ1n) is 13.0. The minimum atomic E-state index is -0.359. The van der Waals surface area contributed by atoms with Crippen molar-refractivity contribution < 1.29 is 13.9 Å². The van der Waals surface area contributed by atoms with Crippen molar-refractivity contribution in [1.29, 1.82) is 0 Å². The van der Waals surface area contributed by atoms with Crippen molar-refractivity contribution in [3.05, 3.63) is 79.0 Å². The maximum Gasteiger partial charge on any atom is 0.245 e. The van der Waals surface area contributed by atoms with Gasteiger partial charge in [0.25, 0.3) is 0 Å². The summed E-state index contributed by atoms with van der Waals surface area (Å²) >= 11 is 0. The first-order chi connectivity index (χ1) is 18.9. The summed E-state index contributed by atoms with van der Waals surface area (Å²) in [4.78, 5) is 22.6. The number of carbonyl (C=O) groups excluding carboxylic acids is 1. The van der Waals surface area contributed by atoms with Gasteiger partial charge in [-0.25, -0.2) is 14.4 Å². The zero-order valence-corrected chi connectivity index (χ0v) is 22.0. The SMILES string of the molecule is C=CC(=O)N1CCC(C#Cc2c(-c3ccc(Oc4cccc(F)c4)cc3)c3c(N)ncnc3n2C(C)C)CC1. The second-order valence-corrected chi connectivity index (χ2v) is 9.80. The molecule has 198 valence electrons. The van der Waals surface area contributed by atoms with Gasteiger partial charge in [-0.05, 0) is 68.5 Å². The van der Waals surface area contributed by atoms with Crippen LogP contribution >= 0.6 is 0 Å². The van der Waals surface area contributed by atoms with Gasteiger partial charge in [-0.1, -0.05) is 30.7 Å². The standard InChI is InChI=1S/C31H30FN5O2/c1-4-27(38)36-16-14-21(15-17-36)8-13-26-28(29-30(33)34-19-35-31(29)37(26)20(2)3)22-9-11-24(12-10-22)39-25-7-5-6-23(32)18-25/h4-7,9-12,18-21H,1,14-17H2,2-3H3,(H2,33,34,35). The Morgan fingerprint density at radius 2 is 1.90 bits per heavy atom. The number of nitrogens with zero attached hydrogens (tertiary/aromatic N) is 4. The van der Waals surface area contributed by atoms with Crippen LogP contribution in [-0.2, 0) is 4.79 Å². The lowest BCUT2D eigenvalue weighted by Gasteiger charge is -2.28. The third kappa shape index (κ3) is 5.34. The van der Waals surface area contributed by atoms with Crippen LogP contribution in [0.25, 0.3) is 22.2 Å². The fourth-order valence-corrected chi connectivity index (χ4v) is 4.96. The molecule has 2 aromatic heterocycles. The Hall–Kier alpha value is -4.64. The molecule has 4 aromatic rings. The maximum absolute atomic E-state index is 13.6. The largest absolute Gasteiger partial charge is 0.457 e. The van der Waals surface area contributed by atoms with E-state index in [1.165, 1.54) is 24.5 Å². The second kappa shape index (κ2) is 11.0. The van der Waals surface area contributed by atoms with Crippen LogP contribution in [0.4, 0.5) is 10.2 Å². The monoisotopic (exact) mass is 523 g/mol. The van der Waals surface area contributed by atoms with Gasteiger partial charge in [-0.3, -0.25) is 4.79 Å². The Morgan fingerprint density at radius 3 is 2.56 bits per heavy atom. The van der Waals surface area contributed by atoms with Gasteiger partial charge in [0.1, 0.15) is 40.8 Å². The zero-order chi connectivity index (χ0) is 27.5. The minimum absolute atomic E-state index is 0.0393. The number of nitrogen functional groups attached to an aromatic ring is 1. The first-order valence-corrected chi connectivity index (χ1v) is 13.0. The predicted octanol–water partition coefficient (Wildman–Crippen LogP) is 5.97. The van der Waals surface area contributed by atoms with Gasteiger partial charge in [0.2, 0.25) is 5.91 Å². The van der Waals surface area contributed by atoms with E-state index in [2.05, 4.69) is 46.8 Å². The van der Waals surface area contributed by atoms with Gasteiger partial charge in [0.15, 0.2) is 0 Å². The summed E-state index contributed by atoms with van der Waals surface area (Å²) < 4.78 is 21.5. The summed E-state index contributed by atoms with van der Waals surface area (Å²) in [5.74, 6) is 8.07. The highest BCUT2D eigenvalue weighted by Gasteiger charge is 2.24. The number of fused-ring (bicyclic) bond motifs is 1. The van der Waals surface area contributed by atoms with Crippen LogP contribution in [-0.4, -0.2) is 38.4 Å². The summed E-state index contributed by atoms with van der Waals surface area (Å²) in [5, 5.41) is 0.751. The number of hydrogen-bond donors (Lipinski definition) is 1. The highest BCUT2D eigenvalue weighted by molar-refractivity contribution is 6.03. The molecule has 8 heteroatoms. The molecule has 3 heterocycles. The number of halogens is 1. The van der Waals surface area contributed by atoms with E-state index in [9.17, 15) is 9.18 Å². The lowest BCUT2D eigenvalue weighted by atomic mass is 9.96. The lowest BCUT2D eigenvalue weighted by Crippen LogP contribution is -2.37. The second-order valence-electron chi connectivity index (χ2n) is 9.80. The van der Waals surface area contributed by atoms with E-state index in [1.807, 2.05) is 29.2 Å². The van der Waals surface area contributed by atoms with Crippen LogP contribution in [0.15, 0.2) is 67.5 Å². The number of benzene rings is 2. The number of likely N-dealkylation sites (tertiary alicyclic amines) is 1. The Balaban J connectivity index is 1.54. The minimum Gasteiger partial charge on any atom is -0.457 e. The molecule has 0 spiro atoms. The number of carbonyl (C=O) groups is 1. The van der Waals surface area contributed by atoms with Crippen molar-refractivity contribution in [3.63, 3.8) is 0 Å². The van der Waals surface area contributed by atoms with Gasteiger partial charge >= 0.3 is 0 Å². The first kappa shape index (κ1) is 26.0. The fourth-order valence-electron chi connectivity index (χ4n) is 4.96. The molecule has 1 saturated heterocycles. The van der Waals surface area contributed by atoms with Gasteiger partial charge in [-0.2, -0.15) is 0 Å². The molecule has 0 aliphatic carbocycles. The van der Waals surface area contributed by atoms with Crippen molar-refractivity contribution in [2.75, 3.05) is 18.8 Å². The molecule has 0 bridgehead atoms. The van der Waals surface area contributed by atoms with Crippen LogP contribution < -0.4 is 10.5 Å². The van der Waals surface area contributed by atoms with Crippen LogP contribution in [0.1, 0.15) is 38.4 Å². The molecule has 1 fully saturated rings. The molecule has 5 rings (SSSR count). The average Bonchev–Trinajstić information content (AvgIpc) is 3.28. The van der Waals surface area contributed by atoms with E-state index in [1.54, 1.807) is 12.1 Å². The third-order valence-corrected chi connectivity index (χ3v) is 6.88. The molecule has 39 heavy (non-hydrogen) atoms. The molecule has 1 amide bonds. The summed E-state index contributed by atoms with van der Waals surface area (Å²) in [6.45, 7) is 9.08. The number of amides is 1. The van der Waals surface area contributed by atoms with E-state index in [0.29, 0.717) is 30.4 Å². The molecule has 7 nitrogen and oxygen atoms in total. The average molecular weight is 524 g/mol. The zero-order valence-electron chi connectivity index (χ0n) is 22.0. The van der Waals surface area contributed by atoms with Gasteiger partial charge < -0.3 is 19.9 Å². The molecule has 1 aliphatic rings. The molecule has 0 saturated carbocycles. The van der Waals surface area contributed by atoms with Crippen LogP contribution in [0.2, 0.25) is 0 Å². The van der Waals surface area contributed by atoms with Crippen LogP contribution in [0.3, 0.4) is 0 Å². The highest BCUT2D eigenvalue weighted by atomic mass is 19.1. The summed E-state index contributed by atoms with van der Waals surface area (Å²) in [6, 6.07) is 13.6. The molecule has 0 radical (unpaired) electrons. The number of piperidine rings is 1. The van der Waals surface area contributed by atoms with E-state index < -0.39 is 0 Å². The molecular formula is C31H30FN5O2. The maximum atomic E-state index is 13.6. The molecule has 0 unspecified atom stereocenters. The number of hydrogen-bond acceptors (Lipinski definition) is 5. The predicted molar refractivity (Wildman–Crippen MR) is 151 cm³/mol. The van der Waals surface area contributed by atoms with E-state index >= 15 is 0 Å². The molecule has 2 N–H and O–H groups in total. The molecule has 1 aliphatic heterocycles. The van der Waals surface area contributed by atoms with Crippen molar-refractivity contribution in [2.45, 2.75) is 32.7 Å². The van der Waals surface area contributed by atoms with Gasteiger partial charge in [0.05, 0.1) is 5.39 Å². The quantitative estimate of drug-likeness (QED) is 0.257. The Morgan fingerprint density at radius 1 is 1.15 bits per heavy atom. The molecule has 0 atom stereocenters. The number of aromatic nitrogens is 3. The third-order valence-electron chi connectivity index (χ3n) is 6.88. The number of rotatable bonds is 5. The lowest BCUT2D eigenvalue weighted by molar-refractivity contribution is -0.127. The van der Waals surface area contributed by atoms with Gasteiger partial charge in [0, 0.05) is 36.7 Å².